The molecule has 0 aromatic heterocycles. The number of nitrogens with one attached hydrogen (secondary N) is 4. The van der Waals surface area contributed by atoms with Gasteiger partial charge in [-0.05, 0) is 35.4 Å². The fourth-order valence-corrected chi connectivity index (χ4v) is 2.25. The smallest absolute Gasteiger partial charge is 0.319 e. The third-order valence-electron chi connectivity index (χ3n) is 3.29. The van der Waals surface area contributed by atoms with Crippen molar-refractivity contribution in [3.63, 3.8) is 0 Å². The van der Waals surface area contributed by atoms with Gasteiger partial charge in [0.25, 0.3) is 0 Å². The first-order chi connectivity index (χ1) is 11.9. The monoisotopic (exact) mass is 358 g/mol. The summed E-state index contributed by atoms with van der Waals surface area (Å²) >= 11 is 5.82. The minimum absolute atomic E-state index is 0.133. The molecule has 130 valence electrons. The highest BCUT2D eigenvalue weighted by Crippen LogP contribution is 2.11. The fraction of sp³-hybridized carbons (Fsp3) is 0.167. The molecule has 0 bridgehead atoms. The summed E-state index contributed by atoms with van der Waals surface area (Å²) in [4.78, 5) is 22.8. The summed E-state index contributed by atoms with van der Waals surface area (Å²) < 4.78 is 0. The molecule has 3 amide bonds. The molecular formula is C18H19ClN4O2. The van der Waals surface area contributed by atoms with E-state index < -0.39 is 0 Å². The number of hydrogen-bond donors (Lipinski definition) is 4. The number of amides is 3. The van der Waals surface area contributed by atoms with Gasteiger partial charge in [-0.1, -0.05) is 35.9 Å². The molecule has 0 heterocycles. The lowest BCUT2D eigenvalue weighted by Crippen LogP contribution is -2.29. The van der Waals surface area contributed by atoms with E-state index in [0.717, 1.165) is 11.1 Å². The van der Waals surface area contributed by atoms with E-state index in [9.17, 15) is 9.59 Å². The van der Waals surface area contributed by atoms with Gasteiger partial charge < -0.3 is 16.0 Å². The number of carbonyl (C=O) groups excluding carboxylic acids is 2. The van der Waals surface area contributed by atoms with Crippen LogP contribution in [0.3, 0.4) is 0 Å². The van der Waals surface area contributed by atoms with Crippen LogP contribution in [-0.2, 0) is 17.8 Å². The van der Waals surface area contributed by atoms with Gasteiger partial charge in [-0.2, -0.15) is 0 Å². The molecule has 7 heteroatoms. The number of amidine groups is 1. The molecule has 0 aliphatic heterocycles. The lowest BCUT2D eigenvalue weighted by Gasteiger charge is -2.09. The van der Waals surface area contributed by atoms with E-state index in [1.807, 2.05) is 12.1 Å². The SMILES string of the molecule is CC(=O)NC(=N)Cc1ccc(NC(=O)NCc2ccc(Cl)cc2)cc1. The summed E-state index contributed by atoms with van der Waals surface area (Å²) in [5.74, 6) is -0.130. The quantitative estimate of drug-likeness (QED) is 0.487. The number of carbonyl (C=O) groups is 2. The molecule has 0 fully saturated rings. The predicted octanol–water partition coefficient (Wildman–Crippen LogP) is 3.32. The average Bonchev–Trinajstić information content (AvgIpc) is 2.55. The number of anilines is 1. The Kier molecular flexibility index (Phi) is 6.54. The molecule has 2 rings (SSSR count). The normalized spacial score (nSPS) is 10.0. The van der Waals surface area contributed by atoms with E-state index in [-0.39, 0.29) is 17.8 Å². The Labute approximate surface area is 151 Å². The third-order valence-corrected chi connectivity index (χ3v) is 3.54. The Morgan fingerprint density at radius 3 is 2.20 bits per heavy atom. The Morgan fingerprint density at radius 2 is 1.60 bits per heavy atom. The maximum Gasteiger partial charge on any atom is 0.319 e. The third kappa shape index (κ3) is 6.64. The largest absolute Gasteiger partial charge is 0.334 e. The van der Waals surface area contributed by atoms with Crippen molar-refractivity contribution in [2.75, 3.05) is 5.32 Å². The summed E-state index contributed by atoms with van der Waals surface area (Å²) in [6.07, 6.45) is 0.322. The van der Waals surface area contributed by atoms with Crippen LogP contribution in [0.1, 0.15) is 18.1 Å². The van der Waals surface area contributed by atoms with E-state index in [1.54, 1.807) is 36.4 Å². The first-order valence-electron chi connectivity index (χ1n) is 7.65. The number of urea groups is 1. The van der Waals surface area contributed by atoms with Crippen LogP contribution in [0.15, 0.2) is 48.5 Å². The molecule has 4 N–H and O–H groups in total. The number of halogens is 1. The van der Waals surface area contributed by atoms with Crippen LogP contribution in [0.25, 0.3) is 0 Å². The van der Waals surface area contributed by atoms with Crippen LogP contribution in [0, 0.1) is 5.41 Å². The highest BCUT2D eigenvalue weighted by atomic mass is 35.5. The van der Waals surface area contributed by atoms with Crippen LogP contribution in [0.4, 0.5) is 10.5 Å². The maximum absolute atomic E-state index is 11.9. The molecule has 6 nitrogen and oxygen atoms in total. The van der Waals surface area contributed by atoms with Crippen LogP contribution >= 0.6 is 11.6 Å². The molecule has 0 saturated carbocycles. The van der Waals surface area contributed by atoms with Crippen LogP contribution in [-0.4, -0.2) is 17.8 Å². The van der Waals surface area contributed by atoms with Gasteiger partial charge in [0, 0.05) is 30.6 Å². The van der Waals surface area contributed by atoms with Gasteiger partial charge in [0.1, 0.15) is 5.84 Å². The molecule has 0 unspecified atom stereocenters. The van der Waals surface area contributed by atoms with E-state index in [4.69, 9.17) is 17.0 Å². The number of benzene rings is 2. The molecule has 2 aromatic rings. The van der Waals surface area contributed by atoms with E-state index >= 15 is 0 Å². The minimum atomic E-state index is -0.311. The molecule has 25 heavy (non-hydrogen) atoms. The van der Waals surface area contributed by atoms with E-state index in [0.29, 0.717) is 23.7 Å². The van der Waals surface area contributed by atoms with E-state index in [2.05, 4.69) is 16.0 Å². The molecule has 2 aromatic carbocycles. The van der Waals surface area contributed by atoms with Crippen molar-refractivity contribution in [3.05, 3.63) is 64.7 Å². The summed E-state index contributed by atoms with van der Waals surface area (Å²) in [6.45, 7) is 1.76. The Morgan fingerprint density at radius 1 is 1.00 bits per heavy atom. The summed E-state index contributed by atoms with van der Waals surface area (Å²) in [5, 5.41) is 16.2. The topological polar surface area (TPSA) is 94.1 Å². The molecular weight excluding hydrogens is 340 g/mol. The minimum Gasteiger partial charge on any atom is -0.334 e. The first-order valence-corrected chi connectivity index (χ1v) is 8.03. The summed E-state index contributed by atoms with van der Waals surface area (Å²) in [7, 11) is 0. The van der Waals surface area contributed by atoms with Crippen molar-refractivity contribution in [1.82, 2.24) is 10.6 Å². The molecule has 0 saturated heterocycles. The second-order valence-electron chi connectivity index (χ2n) is 5.47. The number of hydrogen-bond acceptors (Lipinski definition) is 3. The first kappa shape index (κ1) is 18.5. The molecule has 0 spiro atoms. The van der Waals surface area contributed by atoms with Gasteiger partial charge in [0.05, 0.1) is 0 Å². The zero-order chi connectivity index (χ0) is 18.2. The lowest BCUT2D eigenvalue weighted by atomic mass is 10.1. The second kappa shape index (κ2) is 8.84. The zero-order valence-corrected chi connectivity index (χ0v) is 14.5. The Bertz CT molecular complexity index is 758. The summed E-state index contributed by atoms with van der Waals surface area (Å²) in [6, 6.07) is 14.0. The highest BCUT2D eigenvalue weighted by Gasteiger charge is 2.04. The van der Waals surface area contributed by atoms with Crippen molar-refractivity contribution in [3.8, 4) is 0 Å². The fourth-order valence-electron chi connectivity index (χ4n) is 2.13. The predicted molar refractivity (Wildman–Crippen MR) is 99.0 cm³/mol. The molecule has 0 atom stereocenters. The van der Waals surface area contributed by atoms with Gasteiger partial charge in [-0.25, -0.2) is 4.79 Å². The average molecular weight is 359 g/mol. The van der Waals surface area contributed by atoms with Gasteiger partial charge in [0.15, 0.2) is 0 Å². The highest BCUT2D eigenvalue weighted by molar-refractivity contribution is 6.30. The standard InChI is InChI=1S/C18H19ClN4O2/c1-12(24)22-17(20)10-13-4-8-16(9-5-13)23-18(25)21-11-14-2-6-15(19)7-3-14/h2-9H,10-11H2,1H3,(H2,20,22,24)(H2,21,23,25). The van der Waals surface area contributed by atoms with Crippen molar-refractivity contribution in [1.29, 1.82) is 5.41 Å². The lowest BCUT2D eigenvalue weighted by molar-refractivity contribution is -0.117. The van der Waals surface area contributed by atoms with Gasteiger partial charge in [-0.3, -0.25) is 10.2 Å². The van der Waals surface area contributed by atoms with Gasteiger partial charge >= 0.3 is 6.03 Å². The van der Waals surface area contributed by atoms with Crippen molar-refractivity contribution in [2.45, 2.75) is 19.9 Å². The molecule has 0 aliphatic carbocycles. The maximum atomic E-state index is 11.9. The van der Waals surface area contributed by atoms with Crippen LogP contribution < -0.4 is 16.0 Å². The van der Waals surface area contributed by atoms with Gasteiger partial charge in [-0.15, -0.1) is 0 Å². The Balaban J connectivity index is 1.81. The van der Waals surface area contributed by atoms with Crippen molar-refractivity contribution < 1.29 is 9.59 Å². The number of rotatable bonds is 5. The van der Waals surface area contributed by atoms with Crippen molar-refractivity contribution >= 4 is 35.1 Å². The Hall–Kier alpha value is -2.86. The zero-order valence-electron chi connectivity index (χ0n) is 13.7. The summed E-state index contributed by atoms with van der Waals surface area (Å²) in [5.41, 5.74) is 2.46. The van der Waals surface area contributed by atoms with Crippen LogP contribution in [0.2, 0.25) is 5.02 Å². The molecule has 0 aliphatic rings. The molecule has 0 radical (unpaired) electrons. The second-order valence-corrected chi connectivity index (χ2v) is 5.90. The van der Waals surface area contributed by atoms with Gasteiger partial charge in [0.2, 0.25) is 5.91 Å². The van der Waals surface area contributed by atoms with E-state index in [1.165, 1.54) is 6.92 Å². The van der Waals surface area contributed by atoms with Crippen molar-refractivity contribution in [2.24, 2.45) is 0 Å². The van der Waals surface area contributed by atoms with Crippen LogP contribution in [0.5, 0.6) is 0 Å².